The molecule has 0 amide bonds. The molecule has 0 aromatic carbocycles. The number of ketones is 1. The van der Waals surface area contributed by atoms with Gasteiger partial charge in [0.2, 0.25) is 0 Å². The van der Waals surface area contributed by atoms with Crippen LogP contribution < -0.4 is 0 Å². The van der Waals surface area contributed by atoms with E-state index in [1.807, 2.05) is 0 Å². The molecule has 2 aliphatic rings. The first kappa shape index (κ1) is 10.2. The monoisotopic (exact) mass is 196 g/mol. The molecule has 1 aliphatic carbocycles. The SMILES string of the molecule is O=C1CCCC1CCCC1CCCO1. The van der Waals surface area contributed by atoms with E-state index < -0.39 is 0 Å². The van der Waals surface area contributed by atoms with Crippen LogP contribution >= 0.6 is 0 Å². The van der Waals surface area contributed by atoms with E-state index in [1.54, 1.807) is 0 Å². The molecule has 80 valence electrons. The predicted octanol–water partition coefficient (Wildman–Crippen LogP) is 2.70. The van der Waals surface area contributed by atoms with Gasteiger partial charge in [0.05, 0.1) is 6.10 Å². The number of rotatable bonds is 4. The number of carbonyl (C=O) groups is 1. The van der Waals surface area contributed by atoms with Crippen LogP contribution in [0.15, 0.2) is 0 Å². The van der Waals surface area contributed by atoms with Gasteiger partial charge in [-0.25, -0.2) is 0 Å². The standard InChI is InChI=1S/C12H20O2/c13-12-8-2-5-10(12)4-1-6-11-7-3-9-14-11/h10-11H,1-9H2. The molecule has 0 N–H and O–H groups in total. The highest BCUT2D eigenvalue weighted by Crippen LogP contribution is 2.27. The number of hydrogen-bond acceptors (Lipinski definition) is 2. The zero-order chi connectivity index (χ0) is 9.80. The Kier molecular flexibility index (Phi) is 3.57. The van der Waals surface area contributed by atoms with Crippen molar-refractivity contribution in [3.63, 3.8) is 0 Å². The first-order chi connectivity index (χ1) is 6.86. The second kappa shape index (κ2) is 4.92. The van der Waals surface area contributed by atoms with Crippen LogP contribution in [0, 0.1) is 5.92 Å². The summed E-state index contributed by atoms with van der Waals surface area (Å²) in [6, 6.07) is 0. The van der Waals surface area contributed by atoms with Crippen molar-refractivity contribution < 1.29 is 9.53 Å². The Bertz CT molecular complexity index is 194. The van der Waals surface area contributed by atoms with E-state index >= 15 is 0 Å². The Labute approximate surface area is 86.0 Å². The maximum absolute atomic E-state index is 11.4. The van der Waals surface area contributed by atoms with Crippen LogP contribution in [-0.4, -0.2) is 18.5 Å². The van der Waals surface area contributed by atoms with Crippen molar-refractivity contribution in [2.45, 2.75) is 57.5 Å². The molecule has 0 aromatic rings. The molecule has 2 atom stereocenters. The fraction of sp³-hybridized carbons (Fsp3) is 0.917. The fourth-order valence-corrected chi connectivity index (χ4v) is 2.66. The summed E-state index contributed by atoms with van der Waals surface area (Å²) in [6.45, 7) is 0.951. The van der Waals surface area contributed by atoms with Gasteiger partial charge in [-0.1, -0.05) is 6.42 Å². The van der Waals surface area contributed by atoms with Crippen molar-refractivity contribution in [1.82, 2.24) is 0 Å². The minimum absolute atomic E-state index is 0.399. The zero-order valence-electron chi connectivity index (χ0n) is 8.84. The molecule has 2 heteroatoms. The van der Waals surface area contributed by atoms with E-state index in [1.165, 1.54) is 25.7 Å². The first-order valence-corrected chi connectivity index (χ1v) is 6.00. The van der Waals surface area contributed by atoms with Crippen LogP contribution in [0.4, 0.5) is 0 Å². The molecule has 2 rings (SSSR count). The second-order valence-electron chi connectivity index (χ2n) is 4.62. The van der Waals surface area contributed by atoms with Gasteiger partial charge in [0.1, 0.15) is 5.78 Å². The third kappa shape index (κ3) is 2.57. The maximum Gasteiger partial charge on any atom is 0.135 e. The predicted molar refractivity (Wildman–Crippen MR) is 55.2 cm³/mol. The Balaban J connectivity index is 1.60. The van der Waals surface area contributed by atoms with Gasteiger partial charge in [0, 0.05) is 18.9 Å². The number of Topliss-reactive ketones (excluding diaryl/α,β-unsaturated/α-hetero) is 1. The Morgan fingerprint density at radius 3 is 2.79 bits per heavy atom. The minimum Gasteiger partial charge on any atom is -0.378 e. The average Bonchev–Trinajstić information content (AvgIpc) is 2.78. The molecule has 1 saturated heterocycles. The van der Waals surface area contributed by atoms with Gasteiger partial charge in [-0.15, -0.1) is 0 Å². The van der Waals surface area contributed by atoms with E-state index in [-0.39, 0.29) is 0 Å². The van der Waals surface area contributed by atoms with Crippen LogP contribution in [-0.2, 0) is 9.53 Å². The van der Waals surface area contributed by atoms with Gasteiger partial charge >= 0.3 is 0 Å². The third-order valence-electron chi connectivity index (χ3n) is 3.53. The molecule has 2 nitrogen and oxygen atoms in total. The number of ether oxygens (including phenoxy) is 1. The molecule has 0 bridgehead atoms. The summed E-state index contributed by atoms with van der Waals surface area (Å²) in [5.74, 6) is 0.911. The molecule has 1 heterocycles. The van der Waals surface area contributed by atoms with Crippen LogP contribution in [0.5, 0.6) is 0 Å². The summed E-state index contributed by atoms with van der Waals surface area (Å²) < 4.78 is 5.56. The summed E-state index contributed by atoms with van der Waals surface area (Å²) >= 11 is 0. The van der Waals surface area contributed by atoms with Gasteiger partial charge in [-0.3, -0.25) is 4.79 Å². The molecule has 0 aromatic heterocycles. The summed E-state index contributed by atoms with van der Waals surface area (Å²) in [5.41, 5.74) is 0. The summed E-state index contributed by atoms with van der Waals surface area (Å²) in [5, 5.41) is 0. The van der Waals surface area contributed by atoms with Crippen LogP contribution in [0.3, 0.4) is 0 Å². The van der Waals surface area contributed by atoms with E-state index in [2.05, 4.69) is 0 Å². The van der Waals surface area contributed by atoms with Crippen molar-refractivity contribution in [3.8, 4) is 0 Å². The minimum atomic E-state index is 0.399. The first-order valence-electron chi connectivity index (χ1n) is 6.00. The highest BCUT2D eigenvalue weighted by Gasteiger charge is 2.24. The molecule has 0 spiro atoms. The molecule has 2 fully saturated rings. The Hall–Kier alpha value is -0.370. The van der Waals surface area contributed by atoms with Crippen LogP contribution in [0.1, 0.15) is 51.4 Å². The van der Waals surface area contributed by atoms with E-state index in [9.17, 15) is 4.79 Å². The van der Waals surface area contributed by atoms with E-state index in [0.29, 0.717) is 17.8 Å². The number of carbonyl (C=O) groups excluding carboxylic acids is 1. The lowest BCUT2D eigenvalue weighted by Crippen LogP contribution is -2.09. The van der Waals surface area contributed by atoms with Crippen molar-refractivity contribution in [1.29, 1.82) is 0 Å². The van der Waals surface area contributed by atoms with E-state index in [4.69, 9.17) is 4.74 Å². The summed E-state index contributed by atoms with van der Waals surface area (Å²) in [7, 11) is 0. The molecule has 14 heavy (non-hydrogen) atoms. The molecular weight excluding hydrogens is 176 g/mol. The summed E-state index contributed by atoms with van der Waals surface area (Å²) in [6.07, 6.45) is 9.54. The Morgan fingerprint density at radius 1 is 1.21 bits per heavy atom. The van der Waals surface area contributed by atoms with Gasteiger partial charge in [-0.05, 0) is 38.5 Å². The normalized spacial score (nSPS) is 32.7. The lowest BCUT2D eigenvalue weighted by molar-refractivity contribution is -0.120. The van der Waals surface area contributed by atoms with Gasteiger partial charge in [0.15, 0.2) is 0 Å². The lowest BCUT2D eigenvalue weighted by Gasteiger charge is -2.11. The van der Waals surface area contributed by atoms with Crippen LogP contribution in [0.2, 0.25) is 0 Å². The van der Waals surface area contributed by atoms with Crippen molar-refractivity contribution in [3.05, 3.63) is 0 Å². The largest absolute Gasteiger partial charge is 0.378 e. The second-order valence-corrected chi connectivity index (χ2v) is 4.62. The fourth-order valence-electron chi connectivity index (χ4n) is 2.66. The Morgan fingerprint density at radius 2 is 2.14 bits per heavy atom. The quantitative estimate of drug-likeness (QED) is 0.691. The lowest BCUT2D eigenvalue weighted by atomic mass is 9.98. The molecule has 0 radical (unpaired) electrons. The molecule has 2 unspecified atom stereocenters. The topological polar surface area (TPSA) is 26.3 Å². The molecular formula is C12H20O2. The summed E-state index contributed by atoms with van der Waals surface area (Å²) in [4.78, 5) is 11.4. The zero-order valence-corrected chi connectivity index (χ0v) is 8.84. The smallest absolute Gasteiger partial charge is 0.135 e. The van der Waals surface area contributed by atoms with E-state index in [0.717, 1.165) is 32.3 Å². The third-order valence-corrected chi connectivity index (χ3v) is 3.53. The van der Waals surface area contributed by atoms with Gasteiger partial charge in [-0.2, -0.15) is 0 Å². The molecule has 1 aliphatic heterocycles. The van der Waals surface area contributed by atoms with Gasteiger partial charge < -0.3 is 4.74 Å². The highest BCUT2D eigenvalue weighted by atomic mass is 16.5. The number of hydrogen-bond donors (Lipinski definition) is 0. The molecule has 1 saturated carbocycles. The van der Waals surface area contributed by atoms with Crippen LogP contribution in [0.25, 0.3) is 0 Å². The highest BCUT2D eigenvalue weighted by molar-refractivity contribution is 5.82. The van der Waals surface area contributed by atoms with Crippen molar-refractivity contribution >= 4 is 5.78 Å². The van der Waals surface area contributed by atoms with Crippen molar-refractivity contribution in [2.75, 3.05) is 6.61 Å². The van der Waals surface area contributed by atoms with Gasteiger partial charge in [0.25, 0.3) is 0 Å². The maximum atomic E-state index is 11.4. The van der Waals surface area contributed by atoms with Crippen molar-refractivity contribution in [2.24, 2.45) is 5.92 Å². The average molecular weight is 196 g/mol.